The maximum Gasteiger partial charge on any atom is 0.310 e. The van der Waals surface area contributed by atoms with Crippen molar-refractivity contribution in [3.8, 4) is 0 Å². The first-order chi connectivity index (χ1) is 7.43. The van der Waals surface area contributed by atoms with E-state index in [2.05, 4.69) is 13.8 Å². The Labute approximate surface area is 96.0 Å². The third-order valence-corrected chi connectivity index (χ3v) is 2.23. The van der Waals surface area contributed by atoms with Gasteiger partial charge in [0.15, 0.2) is 0 Å². The minimum absolute atomic E-state index is 0.351. The van der Waals surface area contributed by atoms with Crippen LogP contribution in [0.15, 0.2) is 12.2 Å². The standard InChI is InChI=1S/C12H20O4/c1-9(2)6-4-3-5-7-10(12(15)16)8-11(13)14/h5,7,9-10H,3-4,6,8H2,1-2H3,(H,13,14)(H,15,16)/b7-5+. The van der Waals surface area contributed by atoms with Gasteiger partial charge in [-0.1, -0.05) is 32.4 Å². The van der Waals surface area contributed by atoms with Crippen molar-refractivity contribution in [2.45, 2.75) is 39.5 Å². The monoisotopic (exact) mass is 228 g/mol. The van der Waals surface area contributed by atoms with Gasteiger partial charge in [-0.2, -0.15) is 0 Å². The zero-order chi connectivity index (χ0) is 12.6. The largest absolute Gasteiger partial charge is 0.481 e. The summed E-state index contributed by atoms with van der Waals surface area (Å²) < 4.78 is 0. The van der Waals surface area contributed by atoms with Gasteiger partial charge in [0, 0.05) is 0 Å². The number of hydrogen-bond acceptors (Lipinski definition) is 2. The molecule has 1 atom stereocenters. The normalized spacial score (nSPS) is 13.2. The molecule has 0 rings (SSSR count). The highest BCUT2D eigenvalue weighted by Crippen LogP contribution is 2.10. The van der Waals surface area contributed by atoms with Gasteiger partial charge >= 0.3 is 11.9 Å². The molecule has 0 aromatic carbocycles. The van der Waals surface area contributed by atoms with E-state index < -0.39 is 17.9 Å². The Hall–Kier alpha value is -1.32. The number of carbonyl (C=O) groups is 2. The average Bonchev–Trinajstić information content (AvgIpc) is 2.14. The van der Waals surface area contributed by atoms with E-state index in [1.54, 1.807) is 6.08 Å². The number of hydrogen-bond donors (Lipinski definition) is 2. The number of carboxylic acid groups (broad SMARTS) is 2. The van der Waals surface area contributed by atoms with E-state index in [9.17, 15) is 9.59 Å². The van der Waals surface area contributed by atoms with Crippen molar-refractivity contribution in [3.63, 3.8) is 0 Å². The molecule has 0 saturated carbocycles. The Kier molecular flexibility index (Phi) is 7.25. The molecule has 4 heteroatoms. The summed E-state index contributed by atoms with van der Waals surface area (Å²) in [6.07, 6.45) is 5.81. The first-order valence-corrected chi connectivity index (χ1v) is 5.54. The Morgan fingerprint density at radius 2 is 1.88 bits per heavy atom. The highest BCUT2D eigenvalue weighted by molar-refractivity contribution is 5.79. The molecule has 0 radical (unpaired) electrons. The SMILES string of the molecule is CC(C)CCC/C=C/C(CC(=O)O)C(=O)O. The molecule has 16 heavy (non-hydrogen) atoms. The van der Waals surface area contributed by atoms with E-state index in [-0.39, 0.29) is 6.42 Å². The highest BCUT2D eigenvalue weighted by atomic mass is 16.4. The van der Waals surface area contributed by atoms with E-state index >= 15 is 0 Å². The molecule has 0 aromatic heterocycles. The predicted molar refractivity (Wildman–Crippen MR) is 61.2 cm³/mol. The van der Waals surface area contributed by atoms with Crippen molar-refractivity contribution < 1.29 is 19.8 Å². The molecule has 0 aliphatic rings. The maximum atomic E-state index is 10.7. The van der Waals surface area contributed by atoms with Crippen LogP contribution in [0.1, 0.15) is 39.5 Å². The third kappa shape index (κ3) is 8.03. The first kappa shape index (κ1) is 14.7. The quantitative estimate of drug-likeness (QED) is 0.494. The fourth-order valence-corrected chi connectivity index (χ4v) is 1.33. The molecule has 0 fully saturated rings. The molecule has 0 aliphatic heterocycles. The van der Waals surface area contributed by atoms with Gasteiger partial charge in [0.05, 0.1) is 12.3 Å². The van der Waals surface area contributed by atoms with Crippen molar-refractivity contribution in [3.05, 3.63) is 12.2 Å². The second-order valence-electron chi connectivity index (χ2n) is 4.30. The van der Waals surface area contributed by atoms with Gasteiger partial charge in [-0.3, -0.25) is 9.59 Å². The maximum absolute atomic E-state index is 10.7. The topological polar surface area (TPSA) is 74.6 Å². The molecule has 0 bridgehead atoms. The molecule has 2 N–H and O–H groups in total. The van der Waals surface area contributed by atoms with Gasteiger partial charge in [-0.15, -0.1) is 0 Å². The van der Waals surface area contributed by atoms with Crippen LogP contribution in [0.5, 0.6) is 0 Å². The summed E-state index contributed by atoms with van der Waals surface area (Å²) in [5, 5.41) is 17.3. The molecule has 0 amide bonds. The molecule has 1 unspecified atom stereocenters. The van der Waals surface area contributed by atoms with Gasteiger partial charge in [0.2, 0.25) is 0 Å². The van der Waals surface area contributed by atoms with Crippen molar-refractivity contribution >= 4 is 11.9 Å². The highest BCUT2D eigenvalue weighted by Gasteiger charge is 2.17. The van der Waals surface area contributed by atoms with E-state index in [0.29, 0.717) is 5.92 Å². The van der Waals surface area contributed by atoms with E-state index in [1.165, 1.54) is 6.08 Å². The Morgan fingerprint density at radius 1 is 1.25 bits per heavy atom. The molecule has 0 heterocycles. The number of allylic oxidation sites excluding steroid dienone is 1. The first-order valence-electron chi connectivity index (χ1n) is 5.54. The number of rotatable bonds is 8. The summed E-state index contributed by atoms with van der Waals surface area (Å²) in [7, 11) is 0. The molecule has 0 aromatic rings. The van der Waals surface area contributed by atoms with Crippen LogP contribution in [-0.4, -0.2) is 22.2 Å². The smallest absolute Gasteiger partial charge is 0.310 e. The van der Waals surface area contributed by atoms with E-state index in [4.69, 9.17) is 10.2 Å². The summed E-state index contributed by atoms with van der Waals surface area (Å²) in [5.41, 5.74) is 0. The zero-order valence-electron chi connectivity index (χ0n) is 9.85. The lowest BCUT2D eigenvalue weighted by molar-refractivity contribution is -0.146. The van der Waals surface area contributed by atoms with Crippen molar-refractivity contribution in [2.75, 3.05) is 0 Å². The van der Waals surface area contributed by atoms with Crippen molar-refractivity contribution in [2.24, 2.45) is 11.8 Å². The van der Waals surface area contributed by atoms with E-state index in [1.807, 2.05) is 0 Å². The summed E-state index contributed by atoms with van der Waals surface area (Å²) in [5.74, 6) is -2.43. The van der Waals surface area contributed by atoms with Crippen LogP contribution in [0.2, 0.25) is 0 Å². The second kappa shape index (κ2) is 7.91. The van der Waals surface area contributed by atoms with Gasteiger partial charge in [0.25, 0.3) is 0 Å². The molecule has 0 spiro atoms. The predicted octanol–water partition coefficient (Wildman–Crippen LogP) is 2.54. The minimum Gasteiger partial charge on any atom is -0.481 e. The Bertz CT molecular complexity index is 256. The minimum atomic E-state index is -1.08. The Morgan fingerprint density at radius 3 is 2.31 bits per heavy atom. The van der Waals surface area contributed by atoms with E-state index in [0.717, 1.165) is 19.3 Å². The molecule has 0 aliphatic carbocycles. The summed E-state index contributed by atoms with van der Waals surface area (Å²) in [6.45, 7) is 4.27. The van der Waals surface area contributed by atoms with Gasteiger partial charge < -0.3 is 10.2 Å². The lowest BCUT2D eigenvalue weighted by Gasteiger charge is -2.04. The van der Waals surface area contributed by atoms with Crippen molar-refractivity contribution in [1.82, 2.24) is 0 Å². The number of carboxylic acids is 2. The molecular formula is C12H20O4. The van der Waals surface area contributed by atoms with Crippen LogP contribution in [0.25, 0.3) is 0 Å². The molecule has 0 saturated heterocycles. The summed E-state index contributed by atoms with van der Waals surface area (Å²) in [6, 6.07) is 0. The molecule has 4 nitrogen and oxygen atoms in total. The van der Waals surface area contributed by atoms with Gasteiger partial charge in [-0.25, -0.2) is 0 Å². The fraction of sp³-hybridized carbons (Fsp3) is 0.667. The zero-order valence-corrected chi connectivity index (χ0v) is 9.85. The number of unbranched alkanes of at least 4 members (excludes halogenated alkanes) is 1. The van der Waals surface area contributed by atoms with Gasteiger partial charge in [0.1, 0.15) is 0 Å². The fourth-order valence-electron chi connectivity index (χ4n) is 1.33. The lowest BCUT2D eigenvalue weighted by atomic mass is 10.0. The van der Waals surface area contributed by atoms with Crippen LogP contribution >= 0.6 is 0 Å². The average molecular weight is 228 g/mol. The van der Waals surface area contributed by atoms with Crippen LogP contribution in [-0.2, 0) is 9.59 Å². The van der Waals surface area contributed by atoms with Gasteiger partial charge in [-0.05, 0) is 18.8 Å². The Balaban J connectivity index is 3.94. The molecular weight excluding hydrogens is 208 g/mol. The second-order valence-corrected chi connectivity index (χ2v) is 4.30. The third-order valence-electron chi connectivity index (χ3n) is 2.23. The van der Waals surface area contributed by atoms with Crippen LogP contribution in [0.4, 0.5) is 0 Å². The number of aliphatic carboxylic acids is 2. The summed E-state index contributed by atoms with van der Waals surface area (Å²) >= 11 is 0. The van der Waals surface area contributed by atoms with Crippen molar-refractivity contribution in [1.29, 1.82) is 0 Å². The molecule has 92 valence electrons. The lowest BCUT2D eigenvalue weighted by Crippen LogP contribution is -2.15. The van der Waals surface area contributed by atoms with Crippen LogP contribution < -0.4 is 0 Å². The van der Waals surface area contributed by atoms with Crippen LogP contribution in [0, 0.1) is 11.8 Å². The summed E-state index contributed by atoms with van der Waals surface area (Å²) in [4.78, 5) is 21.1. The van der Waals surface area contributed by atoms with Crippen LogP contribution in [0.3, 0.4) is 0 Å².